The zero-order chi connectivity index (χ0) is 20.7. The lowest BCUT2D eigenvalue weighted by Crippen LogP contribution is -2.21. The Bertz CT molecular complexity index is 1310. The average molecular weight is 392 g/mol. The number of hydrogen-bond donors (Lipinski definition) is 0. The summed E-state index contributed by atoms with van der Waals surface area (Å²) in [7, 11) is 0. The number of carbonyl (C=O) groups excluding carboxylic acids is 2. The first-order chi connectivity index (χ1) is 14.7. The summed E-state index contributed by atoms with van der Waals surface area (Å²) in [5.41, 5.74) is 3.36. The quantitative estimate of drug-likeness (QED) is 0.305. The van der Waals surface area contributed by atoms with Crippen molar-refractivity contribution in [1.29, 1.82) is 0 Å². The molecule has 0 spiro atoms. The molecule has 0 aliphatic heterocycles. The van der Waals surface area contributed by atoms with Crippen molar-refractivity contribution >= 4 is 33.1 Å². The highest BCUT2D eigenvalue weighted by Crippen LogP contribution is 2.34. The molecule has 0 aromatic heterocycles. The van der Waals surface area contributed by atoms with E-state index in [0.29, 0.717) is 22.3 Å². The van der Waals surface area contributed by atoms with Gasteiger partial charge < -0.3 is 0 Å². The molecule has 1 aliphatic carbocycles. The zero-order valence-electron chi connectivity index (χ0n) is 17.2. The molecule has 5 rings (SSSR count). The number of ketones is 2. The second kappa shape index (κ2) is 7.53. The Kier molecular flexibility index (Phi) is 4.71. The van der Waals surface area contributed by atoms with Crippen LogP contribution < -0.4 is 0 Å². The highest BCUT2D eigenvalue weighted by Gasteiger charge is 2.30. The van der Waals surface area contributed by atoms with Crippen molar-refractivity contribution < 1.29 is 9.59 Å². The van der Waals surface area contributed by atoms with Crippen LogP contribution in [0, 0.1) is 0 Å². The Balaban J connectivity index is 1.63. The fourth-order valence-corrected chi connectivity index (χ4v) is 4.63. The lowest BCUT2D eigenvalue weighted by atomic mass is 9.81. The molecule has 2 nitrogen and oxygen atoms in total. The Labute approximate surface area is 176 Å². The topological polar surface area (TPSA) is 34.1 Å². The maximum Gasteiger partial charge on any atom is 0.194 e. The van der Waals surface area contributed by atoms with Crippen molar-refractivity contribution in [2.75, 3.05) is 0 Å². The molecule has 148 valence electrons. The molecule has 0 heterocycles. The fraction of sp³-hybridized carbons (Fsp3) is 0.214. The molecule has 0 atom stereocenters. The standard InChI is InChI=1S/C28H24O2/c1-2-3-4-5-9-18-12-8-13-21-16-25-26(17-22(18)21)28(30)24-15-20-11-7-6-10-19(20)14-23(24)27(25)29/h6-8,10-17H,2-5,9H2,1H3. The first-order valence-corrected chi connectivity index (χ1v) is 10.8. The average Bonchev–Trinajstić information content (AvgIpc) is 2.78. The number of aryl methyl sites for hydroxylation is 1. The van der Waals surface area contributed by atoms with E-state index < -0.39 is 0 Å². The summed E-state index contributed by atoms with van der Waals surface area (Å²) < 4.78 is 0. The summed E-state index contributed by atoms with van der Waals surface area (Å²) >= 11 is 0. The van der Waals surface area contributed by atoms with Crippen LogP contribution in [0.1, 0.15) is 70.0 Å². The van der Waals surface area contributed by atoms with E-state index in [1.54, 1.807) is 0 Å². The Morgan fingerprint density at radius 3 is 1.80 bits per heavy atom. The van der Waals surface area contributed by atoms with Crippen molar-refractivity contribution in [2.24, 2.45) is 0 Å². The molecule has 4 aromatic rings. The zero-order valence-corrected chi connectivity index (χ0v) is 17.2. The smallest absolute Gasteiger partial charge is 0.194 e. The molecule has 1 aliphatic rings. The summed E-state index contributed by atoms with van der Waals surface area (Å²) in [6.07, 6.45) is 5.83. The van der Waals surface area contributed by atoms with Gasteiger partial charge in [-0.3, -0.25) is 9.59 Å². The van der Waals surface area contributed by atoms with E-state index in [9.17, 15) is 9.59 Å². The highest BCUT2D eigenvalue weighted by atomic mass is 16.1. The van der Waals surface area contributed by atoms with Gasteiger partial charge in [-0.1, -0.05) is 68.7 Å². The second-order valence-electron chi connectivity index (χ2n) is 8.25. The lowest BCUT2D eigenvalue weighted by Gasteiger charge is -2.20. The van der Waals surface area contributed by atoms with Gasteiger partial charge in [0.05, 0.1) is 0 Å². The first kappa shape index (κ1) is 18.7. The van der Waals surface area contributed by atoms with Crippen LogP contribution in [0.4, 0.5) is 0 Å². The molecular weight excluding hydrogens is 368 g/mol. The number of unbranched alkanes of at least 4 members (excludes halogenated alkanes) is 3. The number of rotatable bonds is 5. The molecule has 0 N–H and O–H groups in total. The van der Waals surface area contributed by atoms with E-state index >= 15 is 0 Å². The van der Waals surface area contributed by atoms with E-state index in [2.05, 4.69) is 19.1 Å². The molecular formula is C28H24O2. The van der Waals surface area contributed by atoms with Gasteiger partial charge in [-0.15, -0.1) is 0 Å². The molecule has 0 fully saturated rings. The summed E-state index contributed by atoms with van der Waals surface area (Å²) in [5, 5.41) is 4.10. The van der Waals surface area contributed by atoms with Gasteiger partial charge in [-0.2, -0.15) is 0 Å². The minimum Gasteiger partial charge on any atom is -0.289 e. The molecule has 0 bridgehead atoms. The lowest BCUT2D eigenvalue weighted by molar-refractivity contribution is 0.0979. The van der Waals surface area contributed by atoms with Gasteiger partial charge in [0, 0.05) is 22.3 Å². The van der Waals surface area contributed by atoms with Gasteiger partial charge in [-0.25, -0.2) is 0 Å². The molecule has 0 saturated heterocycles. The third-order valence-electron chi connectivity index (χ3n) is 6.27. The van der Waals surface area contributed by atoms with Gasteiger partial charge in [0.15, 0.2) is 11.6 Å². The Hall–Kier alpha value is -3.26. The van der Waals surface area contributed by atoms with Gasteiger partial charge in [0.2, 0.25) is 0 Å². The molecule has 0 amide bonds. The predicted octanol–water partition coefficient (Wildman–Crippen LogP) is 6.89. The third-order valence-corrected chi connectivity index (χ3v) is 6.27. The normalized spacial score (nSPS) is 13.0. The fourth-order valence-electron chi connectivity index (χ4n) is 4.63. The van der Waals surface area contributed by atoms with Crippen LogP contribution in [0.15, 0.2) is 66.7 Å². The molecule has 0 unspecified atom stereocenters. The molecule has 0 saturated carbocycles. The molecule has 4 aromatic carbocycles. The van der Waals surface area contributed by atoms with E-state index in [-0.39, 0.29) is 11.6 Å². The third kappa shape index (κ3) is 3.04. The first-order valence-electron chi connectivity index (χ1n) is 10.8. The molecule has 0 radical (unpaired) electrons. The van der Waals surface area contributed by atoms with Crippen LogP contribution in [0.25, 0.3) is 21.5 Å². The van der Waals surface area contributed by atoms with E-state index in [4.69, 9.17) is 0 Å². The van der Waals surface area contributed by atoms with Crippen LogP contribution in [0.3, 0.4) is 0 Å². The second-order valence-corrected chi connectivity index (χ2v) is 8.25. The van der Waals surface area contributed by atoms with E-state index in [0.717, 1.165) is 34.4 Å². The van der Waals surface area contributed by atoms with E-state index in [1.165, 1.54) is 24.8 Å². The molecule has 30 heavy (non-hydrogen) atoms. The monoisotopic (exact) mass is 392 g/mol. The molecule has 2 heteroatoms. The van der Waals surface area contributed by atoms with Crippen LogP contribution >= 0.6 is 0 Å². The maximum atomic E-state index is 13.4. The number of benzene rings is 4. The summed E-state index contributed by atoms with van der Waals surface area (Å²) in [5.74, 6) is -0.103. The van der Waals surface area contributed by atoms with Crippen LogP contribution in [0.2, 0.25) is 0 Å². The minimum atomic E-state index is -0.0550. The van der Waals surface area contributed by atoms with Crippen LogP contribution in [-0.2, 0) is 6.42 Å². The highest BCUT2D eigenvalue weighted by molar-refractivity contribution is 6.30. The minimum absolute atomic E-state index is 0.0481. The van der Waals surface area contributed by atoms with Gasteiger partial charge >= 0.3 is 0 Å². The number of carbonyl (C=O) groups is 2. The van der Waals surface area contributed by atoms with Crippen molar-refractivity contribution in [1.82, 2.24) is 0 Å². The van der Waals surface area contributed by atoms with Crippen LogP contribution in [-0.4, -0.2) is 11.6 Å². The predicted molar refractivity (Wildman–Crippen MR) is 123 cm³/mol. The SMILES string of the molecule is CCCCCCc1cccc2cc3c(cc12)C(=O)c1cc2ccccc2cc1C3=O. The number of fused-ring (bicyclic) bond motifs is 4. The van der Waals surface area contributed by atoms with E-state index in [1.807, 2.05) is 54.6 Å². The van der Waals surface area contributed by atoms with Crippen molar-refractivity contribution in [3.63, 3.8) is 0 Å². The van der Waals surface area contributed by atoms with Crippen LogP contribution in [0.5, 0.6) is 0 Å². The summed E-state index contributed by atoms with van der Waals surface area (Å²) in [6, 6.07) is 21.7. The Morgan fingerprint density at radius 1 is 0.600 bits per heavy atom. The van der Waals surface area contributed by atoms with Gasteiger partial charge in [-0.05, 0) is 64.2 Å². The summed E-state index contributed by atoms with van der Waals surface area (Å²) in [6.45, 7) is 2.22. The summed E-state index contributed by atoms with van der Waals surface area (Å²) in [4.78, 5) is 26.7. The van der Waals surface area contributed by atoms with Gasteiger partial charge in [0.25, 0.3) is 0 Å². The van der Waals surface area contributed by atoms with Crippen molar-refractivity contribution in [3.8, 4) is 0 Å². The maximum absolute atomic E-state index is 13.4. The van der Waals surface area contributed by atoms with Gasteiger partial charge in [0.1, 0.15) is 0 Å². The number of hydrogen-bond acceptors (Lipinski definition) is 2. The van der Waals surface area contributed by atoms with Crippen molar-refractivity contribution in [3.05, 3.63) is 94.5 Å². The van der Waals surface area contributed by atoms with Crippen molar-refractivity contribution in [2.45, 2.75) is 39.0 Å². The largest absolute Gasteiger partial charge is 0.289 e. The Morgan fingerprint density at radius 2 is 1.17 bits per heavy atom.